The quantitative estimate of drug-likeness (QED) is 0.377. The number of anilines is 2. The number of aryl methyl sites for hydroxylation is 1. The third kappa shape index (κ3) is 6.05. The van der Waals surface area contributed by atoms with Crippen LogP contribution >= 0.6 is 0 Å². The Hall–Kier alpha value is -3.14. The van der Waals surface area contributed by atoms with Crippen molar-refractivity contribution in [3.63, 3.8) is 0 Å². The van der Waals surface area contributed by atoms with E-state index in [1.54, 1.807) is 6.07 Å². The first-order valence-corrected chi connectivity index (χ1v) is 14.5. The second-order valence-corrected chi connectivity index (χ2v) is 11.9. The van der Waals surface area contributed by atoms with Gasteiger partial charge in [-0.1, -0.05) is 18.2 Å². The van der Waals surface area contributed by atoms with Crippen LogP contribution in [-0.4, -0.2) is 51.2 Å². The number of benzene rings is 2. The number of nitrogens with one attached hydrogen (secondary N) is 1. The van der Waals surface area contributed by atoms with Gasteiger partial charge in [-0.25, -0.2) is 8.60 Å². The zero-order valence-corrected chi connectivity index (χ0v) is 23.3. The molecule has 1 fully saturated rings. The van der Waals surface area contributed by atoms with E-state index >= 15 is 0 Å². The highest BCUT2D eigenvalue weighted by Gasteiger charge is 2.36. The fraction of sp³-hybridized carbons (Fsp3) is 0.400. The van der Waals surface area contributed by atoms with Crippen molar-refractivity contribution in [2.24, 2.45) is 5.92 Å². The van der Waals surface area contributed by atoms with Gasteiger partial charge in [-0.3, -0.25) is 9.78 Å². The van der Waals surface area contributed by atoms with Crippen molar-refractivity contribution < 1.29 is 22.7 Å². The number of carbonyl (C=O) groups is 1. The Labute approximate surface area is 231 Å². The number of nitrogens with zero attached hydrogens (tertiary/aromatic N) is 2. The number of aromatic nitrogens is 1. The Morgan fingerprint density at radius 1 is 1.23 bits per heavy atom. The van der Waals surface area contributed by atoms with E-state index in [0.717, 1.165) is 29.7 Å². The summed E-state index contributed by atoms with van der Waals surface area (Å²) >= 11 is -1.80. The summed E-state index contributed by atoms with van der Waals surface area (Å²) in [5, 5.41) is 2.95. The third-order valence-electron chi connectivity index (χ3n) is 7.69. The fourth-order valence-electron chi connectivity index (χ4n) is 5.56. The molecule has 1 aromatic heterocycles. The predicted molar refractivity (Wildman–Crippen MR) is 152 cm³/mol. The van der Waals surface area contributed by atoms with Crippen molar-refractivity contribution in [3.8, 4) is 11.1 Å². The van der Waals surface area contributed by atoms with Crippen molar-refractivity contribution in [1.82, 2.24) is 4.98 Å². The highest BCUT2D eigenvalue weighted by atomic mass is 32.2. The first kappa shape index (κ1) is 27.4. The molecule has 3 unspecified atom stereocenters. The molecule has 39 heavy (non-hydrogen) atoms. The van der Waals surface area contributed by atoms with Gasteiger partial charge >= 0.3 is 0 Å². The summed E-state index contributed by atoms with van der Waals surface area (Å²) in [4.78, 5) is 19.4. The molecule has 2 aromatic carbocycles. The lowest BCUT2D eigenvalue weighted by Gasteiger charge is -2.46. The zero-order valence-electron chi connectivity index (χ0n) is 22.4. The molecule has 1 amide bonds. The number of hydrogen-bond acceptors (Lipinski definition) is 5. The van der Waals surface area contributed by atoms with E-state index < -0.39 is 16.7 Å². The minimum Gasteiger partial charge on any atom is -0.377 e. The maximum Gasteiger partial charge on any atom is 0.255 e. The number of pyridine rings is 1. The van der Waals surface area contributed by atoms with Gasteiger partial charge in [0.25, 0.3) is 5.91 Å². The smallest absolute Gasteiger partial charge is 0.255 e. The average molecular weight is 552 g/mol. The first-order valence-electron chi connectivity index (χ1n) is 13.2. The average Bonchev–Trinajstić information content (AvgIpc) is 2.92. The zero-order chi connectivity index (χ0) is 27.7. The molecule has 2 aliphatic heterocycles. The lowest BCUT2D eigenvalue weighted by molar-refractivity contribution is 0.0714. The number of hydrogen-bond donors (Lipinski definition) is 2. The number of ether oxygens (including phenoxy) is 1. The highest BCUT2D eigenvalue weighted by molar-refractivity contribution is 7.79. The van der Waals surface area contributed by atoms with Crippen molar-refractivity contribution in [1.29, 1.82) is 0 Å². The van der Waals surface area contributed by atoms with Crippen LogP contribution in [0.15, 0.2) is 54.7 Å². The summed E-state index contributed by atoms with van der Waals surface area (Å²) in [6.45, 7) is 6.91. The number of halogens is 1. The molecule has 3 heterocycles. The van der Waals surface area contributed by atoms with Crippen LogP contribution in [-0.2, 0) is 27.9 Å². The van der Waals surface area contributed by atoms with Crippen molar-refractivity contribution in [2.45, 2.75) is 45.3 Å². The highest BCUT2D eigenvalue weighted by Crippen LogP contribution is 2.40. The molecule has 0 radical (unpaired) electrons. The van der Waals surface area contributed by atoms with Gasteiger partial charge in [-0.05, 0) is 92.1 Å². The van der Waals surface area contributed by atoms with Crippen LogP contribution in [0.25, 0.3) is 11.1 Å². The van der Waals surface area contributed by atoms with E-state index in [1.165, 1.54) is 37.4 Å². The molecule has 9 heteroatoms. The molecule has 0 spiro atoms. The van der Waals surface area contributed by atoms with Gasteiger partial charge in [0.05, 0.1) is 24.9 Å². The van der Waals surface area contributed by atoms with Gasteiger partial charge in [-0.2, -0.15) is 0 Å². The Bertz CT molecular complexity index is 1410. The first-order chi connectivity index (χ1) is 18.6. The largest absolute Gasteiger partial charge is 0.377 e. The van der Waals surface area contributed by atoms with Crippen LogP contribution < -0.4 is 10.2 Å². The van der Waals surface area contributed by atoms with E-state index in [0.29, 0.717) is 30.9 Å². The van der Waals surface area contributed by atoms with Crippen LogP contribution in [0.3, 0.4) is 0 Å². The Morgan fingerprint density at radius 3 is 2.82 bits per heavy atom. The van der Waals surface area contributed by atoms with Crippen LogP contribution in [0.5, 0.6) is 0 Å². The summed E-state index contributed by atoms with van der Waals surface area (Å²) in [6.07, 6.45) is 2.97. The van der Waals surface area contributed by atoms with Crippen molar-refractivity contribution >= 4 is 28.4 Å². The molecule has 1 saturated heterocycles. The Morgan fingerprint density at radius 2 is 2.05 bits per heavy atom. The summed E-state index contributed by atoms with van der Waals surface area (Å²) in [5.41, 5.74) is 5.12. The number of rotatable bonds is 7. The van der Waals surface area contributed by atoms with E-state index in [4.69, 9.17) is 4.74 Å². The Kier molecular flexibility index (Phi) is 7.84. The van der Waals surface area contributed by atoms with E-state index in [9.17, 15) is 17.9 Å². The van der Waals surface area contributed by atoms with E-state index in [2.05, 4.69) is 33.4 Å². The lowest BCUT2D eigenvalue weighted by atomic mass is 9.82. The SMILES string of the molecule is Cc1ccc(NC(=O)c2ccnc(C(C)(C)F)c2)cc1-c1ccc2c(c1)N1CCOCC1C(CCS(=O)O)C2. The van der Waals surface area contributed by atoms with Gasteiger partial charge in [0, 0.05) is 35.4 Å². The molecule has 3 atom stereocenters. The summed E-state index contributed by atoms with van der Waals surface area (Å²) in [7, 11) is 0. The number of amides is 1. The molecule has 0 bridgehead atoms. The van der Waals surface area contributed by atoms with Crippen LogP contribution in [0.4, 0.5) is 15.8 Å². The van der Waals surface area contributed by atoms with Crippen LogP contribution in [0.1, 0.15) is 47.4 Å². The van der Waals surface area contributed by atoms with Gasteiger partial charge in [0.1, 0.15) is 5.67 Å². The second kappa shape index (κ2) is 11.2. The second-order valence-electron chi connectivity index (χ2n) is 10.8. The van der Waals surface area contributed by atoms with Crippen LogP contribution in [0, 0.1) is 12.8 Å². The molecular formula is C30H34FN3O4S. The number of carbonyl (C=O) groups excluding carboxylic acids is 1. The molecule has 7 nitrogen and oxygen atoms in total. The fourth-order valence-corrected chi connectivity index (χ4v) is 6.06. The lowest BCUT2D eigenvalue weighted by Crippen LogP contribution is -2.53. The molecule has 0 saturated carbocycles. The number of alkyl halides is 1. The predicted octanol–water partition coefficient (Wildman–Crippen LogP) is 5.50. The van der Waals surface area contributed by atoms with Gasteiger partial charge in [0.15, 0.2) is 11.1 Å². The normalized spacial score (nSPS) is 19.7. The summed E-state index contributed by atoms with van der Waals surface area (Å²) < 4.78 is 40.8. The molecule has 206 valence electrons. The molecule has 2 N–H and O–H groups in total. The minimum absolute atomic E-state index is 0.177. The van der Waals surface area contributed by atoms with Crippen molar-refractivity contribution in [3.05, 3.63) is 77.1 Å². The third-order valence-corrected chi connectivity index (χ3v) is 8.27. The number of morpholine rings is 1. The minimum atomic E-state index is -1.80. The van der Waals surface area contributed by atoms with Crippen molar-refractivity contribution in [2.75, 3.05) is 35.7 Å². The van der Waals surface area contributed by atoms with E-state index in [-0.39, 0.29) is 29.3 Å². The summed E-state index contributed by atoms with van der Waals surface area (Å²) in [5.74, 6) is 0.206. The van der Waals surface area contributed by atoms with E-state index in [1.807, 2.05) is 25.1 Å². The van der Waals surface area contributed by atoms with Gasteiger partial charge in [-0.15, -0.1) is 0 Å². The van der Waals surface area contributed by atoms with Gasteiger partial charge < -0.3 is 19.5 Å². The monoisotopic (exact) mass is 551 g/mol. The van der Waals surface area contributed by atoms with Gasteiger partial charge in [0.2, 0.25) is 0 Å². The molecule has 0 aliphatic carbocycles. The maximum absolute atomic E-state index is 14.4. The Balaban J connectivity index is 1.41. The molecule has 2 aliphatic rings. The standard InChI is InChI=1S/C30H34FN3O4S/c1-19-4-7-24(33-29(35)23-8-10-32-28(16-23)30(2,3)31)17-25(19)20-5-6-21-14-22(9-13-39(36)37)27-18-38-12-11-34(27)26(21)15-20/h4-8,10,15-17,22,27H,9,11-14,18H2,1-3H3,(H,33,35)(H,36,37). The molecule has 3 aromatic rings. The molecular weight excluding hydrogens is 517 g/mol. The summed E-state index contributed by atoms with van der Waals surface area (Å²) in [6, 6.07) is 15.5. The molecule has 5 rings (SSSR count). The topological polar surface area (TPSA) is 91.8 Å². The maximum atomic E-state index is 14.4. The van der Waals surface area contributed by atoms with Crippen LogP contribution in [0.2, 0.25) is 0 Å². The number of fused-ring (bicyclic) bond motifs is 3.